The maximum absolute atomic E-state index is 11.9. The topological polar surface area (TPSA) is 59.1 Å². The fourth-order valence-corrected chi connectivity index (χ4v) is 5.57. The molecule has 1 aromatic heterocycles. The van der Waals surface area contributed by atoms with Crippen LogP contribution in [0, 0.1) is 0 Å². The van der Waals surface area contributed by atoms with Gasteiger partial charge in [-0.2, -0.15) is 0 Å². The summed E-state index contributed by atoms with van der Waals surface area (Å²) in [5.41, 5.74) is 0.571. The Labute approximate surface area is 113 Å². The average Bonchev–Trinajstić information content (AvgIpc) is 2.77. The Morgan fingerprint density at radius 2 is 2.22 bits per heavy atom. The quantitative estimate of drug-likeness (QED) is 0.923. The summed E-state index contributed by atoms with van der Waals surface area (Å²) in [5.74, 6) is 0.851. The van der Waals surface area contributed by atoms with Crippen LogP contribution in [0.5, 0.6) is 0 Å². The molecule has 1 aliphatic rings. The summed E-state index contributed by atoms with van der Waals surface area (Å²) in [6.45, 7) is 4.20. The minimum Gasteiger partial charge on any atom is -0.308 e. The average molecular weight is 288 g/mol. The first-order valence-electron chi connectivity index (χ1n) is 6.24. The van der Waals surface area contributed by atoms with E-state index in [0.29, 0.717) is 18.1 Å². The zero-order valence-corrected chi connectivity index (χ0v) is 12.7. The summed E-state index contributed by atoms with van der Waals surface area (Å²) in [7, 11) is -1.13. The normalized spacial score (nSPS) is 27.6. The predicted molar refractivity (Wildman–Crippen MR) is 74.8 cm³/mol. The number of sulfone groups is 1. The molecule has 0 aromatic carbocycles. The van der Waals surface area contributed by atoms with Crippen LogP contribution in [0.15, 0.2) is 5.38 Å². The van der Waals surface area contributed by atoms with Crippen molar-refractivity contribution in [3.63, 3.8) is 0 Å². The lowest BCUT2D eigenvalue weighted by Gasteiger charge is -2.34. The molecular formula is C12H20N2O2S2. The first kappa shape index (κ1) is 14.0. The van der Waals surface area contributed by atoms with E-state index in [2.05, 4.69) is 24.1 Å². The monoisotopic (exact) mass is 288 g/mol. The van der Waals surface area contributed by atoms with Gasteiger partial charge in [0.1, 0.15) is 5.01 Å². The number of hydrogen-bond acceptors (Lipinski definition) is 5. The van der Waals surface area contributed by atoms with Gasteiger partial charge in [-0.15, -0.1) is 11.3 Å². The highest BCUT2D eigenvalue weighted by molar-refractivity contribution is 7.91. The zero-order chi connectivity index (χ0) is 13.4. The molecule has 0 amide bonds. The van der Waals surface area contributed by atoms with Crippen molar-refractivity contribution in [3.8, 4) is 0 Å². The fraction of sp³-hybridized carbons (Fsp3) is 0.750. The second-order valence-electron chi connectivity index (χ2n) is 5.26. The van der Waals surface area contributed by atoms with E-state index in [1.807, 2.05) is 12.4 Å². The number of rotatable bonds is 3. The Hall–Kier alpha value is -0.460. The number of nitrogens with zero attached hydrogens (tertiary/aromatic N) is 1. The van der Waals surface area contributed by atoms with Crippen molar-refractivity contribution in [3.05, 3.63) is 16.1 Å². The lowest BCUT2D eigenvalue weighted by Crippen LogP contribution is -2.49. The second-order valence-corrected chi connectivity index (χ2v) is 8.30. The summed E-state index contributed by atoms with van der Waals surface area (Å²) in [6.07, 6.45) is 1.55. The van der Waals surface area contributed by atoms with Crippen LogP contribution in [0.3, 0.4) is 0 Å². The molecule has 0 aliphatic carbocycles. The van der Waals surface area contributed by atoms with Gasteiger partial charge >= 0.3 is 0 Å². The molecule has 2 rings (SSSR count). The Balaban J connectivity index is 2.37. The summed E-state index contributed by atoms with van der Waals surface area (Å²) < 4.78 is 23.8. The van der Waals surface area contributed by atoms with Gasteiger partial charge in [-0.1, -0.05) is 13.8 Å². The van der Waals surface area contributed by atoms with Crippen molar-refractivity contribution in [1.29, 1.82) is 0 Å². The van der Waals surface area contributed by atoms with Crippen LogP contribution < -0.4 is 5.32 Å². The molecule has 1 aliphatic heterocycles. The highest BCUT2D eigenvalue weighted by Crippen LogP contribution is 2.35. The van der Waals surface area contributed by atoms with Crippen molar-refractivity contribution < 1.29 is 8.42 Å². The van der Waals surface area contributed by atoms with E-state index in [9.17, 15) is 8.42 Å². The van der Waals surface area contributed by atoms with Gasteiger partial charge in [0.25, 0.3) is 0 Å². The van der Waals surface area contributed by atoms with Crippen molar-refractivity contribution in [2.45, 2.75) is 38.1 Å². The van der Waals surface area contributed by atoms with E-state index in [-0.39, 0.29) is 5.75 Å². The molecule has 0 radical (unpaired) electrons. The number of aromatic nitrogens is 1. The molecule has 0 bridgehead atoms. The van der Waals surface area contributed by atoms with Gasteiger partial charge in [-0.25, -0.2) is 13.4 Å². The molecule has 2 heterocycles. The van der Waals surface area contributed by atoms with Crippen LogP contribution in [0.25, 0.3) is 0 Å². The van der Waals surface area contributed by atoms with E-state index in [1.165, 1.54) is 0 Å². The summed E-state index contributed by atoms with van der Waals surface area (Å²) in [4.78, 5) is 4.63. The Morgan fingerprint density at radius 1 is 1.50 bits per heavy atom. The highest BCUT2D eigenvalue weighted by atomic mass is 32.2. The summed E-state index contributed by atoms with van der Waals surface area (Å²) in [6, 6.07) is 0. The lowest BCUT2D eigenvalue weighted by atomic mass is 9.96. The van der Waals surface area contributed by atoms with Crippen LogP contribution in [0.4, 0.5) is 0 Å². The van der Waals surface area contributed by atoms with E-state index in [4.69, 9.17) is 0 Å². The predicted octanol–water partition coefficient (Wildman–Crippen LogP) is 1.89. The molecule has 0 saturated carbocycles. The van der Waals surface area contributed by atoms with Gasteiger partial charge in [0.15, 0.2) is 9.84 Å². The molecule has 1 fully saturated rings. The third-order valence-corrected chi connectivity index (χ3v) is 6.43. The molecule has 18 heavy (non-hydrogen) atoms. The van der Waals surface area contributed by atoms with Gasteiger partial charge in [-0.05, 0) is 25.8 Å². The third-order valence-electron chi connectivity index (χ3n) is 3.53. The minimum atomic E-state index is -2.96. The molecule has 4 nitrogen and oxygen atoms in total. The lowest BCUT2D eigenvalue weighted by molar-refractivity contribution is 0.351. The SMILES string of the molecule is CNC1(c2nc(C(C)C)cs2)CCCS(=O)(=O)C1. The van der Waals surface area contributed by atoms with E-state index >= 15 is 0 Å². The van der Waals surface area contributed by atoms with Crippen molar-refractivity contribution in [1.82, 2.24) is 10.3 Å². The Morgan fingerprint density at radius 3 is 2.72 bits per heavy atom. The number of thiazole rings is 1. The van der Waals surface area contributed by atoms with Gasteiger partial charge in [0.2, 0.25) is 0 Å². The number of hydrogen-bond donors (Lipinski definition) is 1. The van der Waals surface area contributed by atoms with Crippen LogP contribution >= 0.6 is 11.3 Å². The van der Waals surface area contributed by atoms with Crippen molar-refractivity contribution >= 4 is 21.2 Å². The maximum Gasteiger partial charge on any atom is 0.152 e. The molecule has 1 unspecified atom stereocenters. The third kappa shape index (κ3) is 2.60. The van der Waals surface area contributed by atoms with E-state index < -0.39 is 15.4 Å². The molecule has 1 saturated heterocycles. The molecule has 1 aromatic rings. The standard InChI is InChI=1S/C12H20N2O2S2/c1-9(2)10-7-17-11(14-10)12(13-3)5-4-6-18(15,16)8-12/h7,9,13H,4-6,8H2,1-3H3. The first-order chi connectivity index (χ1) is 8.38. The number of nitrogens with one attached hydrogen (secondary N) is 1. The molecule has 102 valence electrons. The highest BCUT2D eigenvalue weighted by Gasteiger charge is 2.41. The summed E-state index contributed by atoms with van der Waals surface area (Å²) in [5, 5.41) is 6.17. The largest absolute Gasteiger partial charge is 0.308 e. The van der Waals surface area contributed by atoms with E-state index in [0.717, 1.165) is 17.1 Å². The van der Waals surface area contributed by atoms with Crippen molar-refractivity contribution in [2.75, 3.05) is 18.6 Å². The molecule has 1 N–H and O–H groups in total. The summed E-state index contributed by atoms with van der Waals surface area (Å²) >= 11 is 1.57. The minimum absolute atomic E-state index is 0.168. The smallest absolute Gasteiger partial charge is 0.152 e. The van der Waals surface area contributed by atoms with Gasteiger partial charge in [0.05, 0.1) is 22.7 Å². The zero-order valence-electron chi connectivity index (χ0n) is 11.1. The van der Waals surface area contributed by atoms with Crippen molar-refractivity contribution in [2.24, 2.45) is 0 Å². The van der Waals surface area contributed by atoms with Crippen LogP contribution in [-0.2, 0) is 15.4 Å². The van der Waals surface area contributed by atoms with Crippen LogP contribution in [0.1, 0.15) is 43.3 Å². The second kappa shape index (κ2) is 4.90. The molecule has 0 spiro atoms. The van der Waals surface area contributed by atoms with Gasteiger partial charge < -0.3 is 5.32 Å². The fourth-order valence-electron chi connectivity index (χ4n) is 2.36. The molecule has 1 atom stereocenters. The maximum atomic E-state index is 11.9. The Kier molecular flexibility index (Phi) is 3.80. The Bertz CT molecular complexity index is 522. The van der Waals surface area contributed by atoms with Gasteiger partial charge in [0, 0.05) is 5.38 Å². The molecule has 6 heteroatoms. The van der Waals surface area contributed by atoms with E-state index in [1.54, 1.807) is 11.3 Å². The molecular weight excluding hydrogens is 268 g/mol. The van der Waals surface area contributed by atoms with Crippen LogP contribution in [0.2, 0.25) is 0 Å². The van der Waals surface area contributed by atoms with Gasteiger partial charge in [-0.3, -0.25) is 0 Å². The first-order valence-corrected chi connectivity index (χ1v) is 8.94. The van der Waals surface area contributed by atoms with Crippen LogP contribution in [-0.4, -0.2) is 32.0 Å².